The summed E-state index contributed by atoms with van der Waals surface area (Å²) < 4.78 is 38.9. The van der Waals surface area contributed by atoms with E-state index < -0.39 is 29.6 Å². The number of rotatable bonds is 5. The SMILES string of the molecule is O=C1CN(NC(=O)c2csc(C3CCN(C(=O)c4ccccc4-c4ccc(C(F)(F)F)cc4)CC3)n2)C(=O)N1. The quantitative estimate of drug-likeness (QED) is 0.460. The van der Waals surface area contributed by atoms with Gasteiger partial charge < -0.3 is 4.90 Å². The van der Waals surface area contributed by atoms with Gasteiger partial charge in [0.25, 0.3) is 11.8 Å². The fourth-order valence-corrected chi connectivity index (χ4v) is 5.52. The van der Waals surface area contributed by atoms with E-state index in [0.29, 0.717) is 42.6 Å². The molecule has 2 saturated heterocycles. The van der Waals surface area contributed by atoms with Crippen LogP contribution in [0.2, 0.25) is 0 Å². The van der Waals surface area contributed by atoms with Crippen LogP contribution in [0.5, 0.6) is 0 Å². The number of hydrazine groups is 1. The first-order chi connectivity index (χ1) is 18.6. The zero-order valence-corrected chi connectivity index (χ0v) is 21.1. The first-order valence-electron chi connectivity index (χ1n) is 12.0. The molecule has 2 N–H and O–H groups in total. The Kier molecular flexibility index (Phi) is 7.08. The second kappa shape index (κ2) is 10.5. The van der Waals surface area contributed by atoms with Crippen LogP contribution in [0.25, 0.3) is 11.1 Å². The van der Waals surface area contributed by atoms with E-state index in [1.165, 1.54) is 23.5 Å². The van der Waals surface area contributed by atoms with Gasteiger partial charge in [0.05, 0.1) is 10.6 Å². The number of hydrogen-bond donors (Lipinski definition) is 2. The molecule has 2 aliphatic rings. The number of benzene rings is 2. The van der Waals surface area contributed by atoms with Crippen molar-refractivity contribution < 1.29 is 32.3 Å². The van der Waals surface area contributed by atoms with Gasteiger partial charge in [0.1, 0.15) is 12.2 Å². The molecule has 0 radical (unpaired) electrons. The first-order valence-corrected chi connectivity index (χ1v) is 12.9. The number of alkyl halides is 3. The molecule has 9 nitrogen and oxygen atoms in total. The summed E-state index contributed by atoms with van der Waals surface area (Å²) in [4.78, 5) is 54.9. The molecule has 39 heavy (non-hydrogen) atoms. The number of nitrogens with one attached hydrogen (secondary N) is 2. The Morgan fingerprint density at radius 3 is 2.36 bits per heavy atom. The summed E-state index contributed by atoms with van der Waals surface area (Å²) in [6.07, 6.45) is -3.21. The third-order valence-electron chi connectivity index (χ3n) is 6.60. The molecule has 202 valence electrons. The molecule has 2 aliphatic heterocycles. The van der Waals surface area contributed by atoms with E-state index >= 15 is 0 Å². The maximum atomic E-state index is 13.4. The maximum Gasteiger partial charge on any atom is 0.416 e. The van der Waals surface area contributed by atoms with E-state index in [4.69, 9.17) is 0 Å². The van der Waals surface area contributed by atoms with Crippen molar-refractivity contribution in [2.75, 3.05) is 19.6 Å². The molecule has 2 aromatic carbocycles. The van der Waals surface area contributed by atoms with Gasteiger partial charge in [0, 0.05) is 30.0 Å². The Morgan fingerprint density at radius 2 is 1.72 bits per heavy atom. The van der Waals surface area contributed by atoms with Gasteiger partial charge in [-0.05, 0) is 42.2 Å². The molecule has 0 bridgehead atoms. The van der Waals surface area contributed by atoms with E-state index in [1.807, 2.05) is 0 Å². The van der Waals surface area contributed by atoms with Crippen molar-refractivity contribution in [3.05, 3.63) is 75.7 Å². The topological polar surface area (TPSA) is 112 Å². The Labute approximate surface area is 224 Å². The van der Waals surface area contributed by atoms with Crippen LogP contribution in [0.4, 0.5) is 18.0 Å². The minimum atomic E-state index is -4.44. The molecule has 3 aromatic rings. The lowest BCUT2D eigenvalue weighted by molar-refractivity contribution is -0.137. The van der Waals surface area contributed by atoms with E-state index in [9.17, 15) is 32.3 Å². The van der Waals surface area contributed by atoms with Crippen LogP contribution in [0, 0.1) is 0 Å². The predicted octanol–water partition coefficient (Wildman–Crippen LogP) is 4.05. The molecule has 0 spiro atoms. The van der Waals surface area contributed by atoms with Crippen molar-refractivity contribution in [1.29, 1.82) is 0 Å². The normalized spacial score (nSPS) is 16.4. The summed E-state index contributed by atoms with van der Waals surface area (Å²) in [5.41, 5.74) is 3.22. The van der Waals surface area contributed by atoms with E-state index in [1.54, 1.807) is 34.5 Å². The highest BCUT2D eigenvalue weighted by atomic mass is 32.1. The van der Waals surface area contributed by atoms with Crippen LogP contribution in [0.15, 0.2) is 53.9 Å². The van der Waals surface area contributed by atoms with Crippen molar-refractivity contribution in [3.63, 3.8) is 0 Å². The second-order valence-corrected chi connectivity index (χ2v) is 10.0. The lowest BCUT2D eigenvalue weighted by Crippen LogP contribution is -2.44. The summed E-state index contributed by atoms with van der Waals surface area (Å²) in [7, 11) is 0. The molecule has 3 heterocycles. The molecular weight excluding hydrogens is 535 g/mol. The molecule has 0 atom stereocenters. The van der Waals surface area contributed by atoms with Crippen molar-refractivity contribution >= 4 is 35.1 Å². The molecule has 2 fully saturated rings. The van der Waals surface area contributed by atoms with E-state index in [0.717, 1.165) is 22.1 Å². The highest BCUT2D eigenvalue weighted by Crippen LogP contribution is 2.34. The highest BCUT2D eigenvalue weighted by molar-refractivity contribution is 7.09. The fraction of sp³-hybridized carbons (Fsp3) is 0.269. The van der Waals surface area contributed by atoms with Crippen molar-refractivity contribution in [3.8, 4) is 11.1 Å². The number of aromatic nitrogens is 1. The van der Waals surface area contributed by atoms with Gasteiger partial charge >= 0.3 is 12.2 Å². The molecule has 0 saturated carbocycles. The Hall–Kier alpha value is -4.26. The number of imide groups is 1. The van der Waals surface area contributed by atoms with Crippen molar-refractivity contribution in [2.45, 2.75) is 24.9 Å². The number of carbonyl (C=O) groups excluding carboxylic acids is 4. The highest BCUT2D eigenvalue weighted by Gasteiger charge is 2.32. The van der Waals surface area contributed by atoms with Crippen LogP contribution in [-0.2, 0) is 11.0 Å². The lowest BCUT2D eigenvalue weighted by Gasteiger charge is -2.31. The molecule has 1 aromatic heterocycles. The Bertz CT molecular complexity index is 1430. The minimum Gasteiger partial charge on any atom is -0.339 e. The standard InChI is InChI=1S/C26H22F3N5O4S/c27-26(28,29)17-7-5-15(6-8-17)18-3-1-2-4-19(18)24(37)33-11-9-16(10-12-33)23-30-20(14-39-23)22(36)32-34-13-21(35)31-25(34)38/h1-8,14,16H,9-13H2,(H,32,36)(H,31,35,38). The monoisotopic (exact) mass is 557 g/mol. The predicted molar refractivity (Wildman–Crippen MR) is 135 cm³/mol. The third-order valence-corrected chi connectivity index (χ3v) is 7.60. The summed E-state index contributed by atoms with van der Waals surface area (Å²) in [5.74, 6) is -1.29. The van der Waals surface area contributed by atoms with Gasteiger partial charge in [-0.3, -0.25) is 25.1 Å². The average molecular weight is 558 g/mol. The van der Waals surface area contributed by atoms with Crippen LogP contribution in [0.3, 0.4) is 0 Å². The van der Waals surface area contributed by atoms with E-state index in [2.05, 4.69) is 15.7 Å². The molecule has 0 unspecified atom stereocenters. The van der Waals surface area contributed by atoms with Crippen LogP contribution in [0.1, 0.15) is 50.2 Å². The van der Waals surface area contributed by atoms with Crippen LogP contribution < -0.4 is 10.7 Å². The first kappa shape index (κ1) is 26.4. The molecule has 13 heteroatoms. The minimum absolute atomic E-state index is 0.0300. The second-order valence-electron chi connectivity index (χ2n) is 9.14. The average Bonchev–Trinajstić information content (AvgIpc) is 3.54. The number of likely N-dealkylation sites (tertiary alicyclic amines) is 1. The van der Waals surface area contributed by atoms with E-state index in [-0.39, 0.29) is 24.1 Å². The molecule has 0 aliphatic carbocycles. The zero-order valence-electron chi connectivity index (χ0n) is 20.3. The van der Waals surface area contributed by atoms with Crippen LogP contribution in [-0.4, -0.2) is 58.3 Å². The van der Waals surface area contributed by atoms with Gasteiger partial charge in [-0.1, -0.05) is 30.3 Å². The number of halogens is 3. The largest absolute Gasteiger partial charge is 0.416 e. The number of amides is 5. The van der Waals surface area contributed by atoms with Gasteiger partial charge in [-0.15, -0.1) is 11.3 Å². The maximum absolute atomic E-state index is 13.4. The number of carbonyl (C=O) groups is 4. The Morgan fingerprint density at radius 1 is 1.03 bits per heavy atom. The Balaban J connectivity index is 1.22. The smallest absolute Gasteiger partial charge is 0.339 e. The van der Waals surface area contributed by atoms with Gasteiger partial charge in [-0.2, -0.15) is 13.2 Å². The summed E-state index contributed by atoms with van der Waals surface area (Å²) in [6, 6.07) is 10.9. The summed E-state index contributed by atoms with van der Waals surface area (Å²) >= 11 is 1.31. The molecule has 5 rings (SSSR count). The fourth-order valence-electron chi connectivity index (χ4n) is 4.55. The summed E-state index contributed by atoms with van der Waals surface area (Å²) in [6.45, 7) is 0.625. The van der Waals surface area contributed by atoms with Gasteiger partial charge in [0.2, 0.25) is 5.91 Å². The third kappa shape index (κ3) is 5.62. The van der Waals surface area contributed by atoms with Crippen molar-refractivity contribution in [1.82, 2.24) is 25.6 Å². The number of hydrogen-bond acceptors (Lipinski definition) is 6. The molecular formula is C26H22F3N5O4S. The molecule has 5 amide bonds. The number of urea groups is 1. The number of thiazole rings is 1. The number of nitrogens with zero attached hydrogens (tertiary/aromatic N) is 3. The number of piperidine rings is 1. The lowest BCUT2D eigenvalue weighted by atomic mass is 9.94. The van der Waals surface area contributed by atoms with Gasteiger partial charge in [0.15, 0.2) is 0 Å². The van der Waals surface area contributed by atoms with Crippen LogP contribution >= 0.6 is 11.3 Å². The van der Waals surface area contributed by atoms with Crippen molar-refractivity contribution in [2.24, 2.45) is 0 Å². The zero-order chi connectivity index (χ0) is 27.7. The summed E-state index contributed by atoms with van der Waals surface area (Å²) in [5, 5.41) is 5.27. The van der Waals surface area contributed by atoms with Gasteiger partial charge in [-0.25, -0.2) is 14.8 Å².